The number of carbonyl (C=O) groups excluding carboxylic acids is 2. The number of aliphatic hydroxyl groups excluding tert-OH is 1. The lowest BCUT2D eigenvalue weighted by Crippen LogP contribution is -2.29. The first-order chi connectivity index (χ1) is 14.5. The number of benzene rings is 2. The van der Waals surface area contributed by atoms with Crippen molar-refractivity contribution in [2.75, 3.05) is 11.5 Å². The van der Waals surface area contributed by atoms with Crippen LogP contribution in [0.25, 0.3) is 5.76 Å². The van der Waals surface area contributed by atoms with Crippen LogP contribution in [0.5, 0.6) is 5.75 Å². The molecule has 3 aromatic rings. The molecule has 4 rings (SSSR count). The Morgan fingerprint density at radius 2 is 1.83 bits per heavy atom. The average Bonchev–Trinajstić information content (AvgIpc) is 3.30. The van der Waals surface area contributed by atoms with E-state index in [1.54, 1.807) is 67.6 Å². The standard InChI is InChI=1S/C23H20N2O5/c1-3-29-17-11-9-15(10-12-17)20-19(21(26)16-7-5-4-6-8-16)22(27)23(28)25(20)18-13-14(2)30-24-18/h4-13,20,26H,3H2,1-2H3/t20-/m0/s1. The maximum absolute atomic E-state index is 13.0. The van der Waals surface area contributed by atoms with Gasteiger partial charge in [0.2, 0.25) is 0 Å². The molecule has 1 saturated heterocycles. The van der Waals surface area contributed by atoms with Crippen molar-refractivity contribution < 1.29 is 24.0 Å². The number of aryl methyl sites for hydroxylation is 1. The maximum atomic E-state index is 13.0. The van der Waals surface area contributed by atoms with Crippen LogP contribution in [-0.4, -0.2) is 28.6 Å². The number of nitrogens with zero attached hydrogens (tertiary/aromatic N) is 2. The Morgan fingerprint density at radius 1 is 1.13 bits per heavy atom. The number of aromatic nitrogens is 1. The van der Waals surface area contributed by atoms with Crippen LogP contribution in [0.15, 0.2) is 70.8 Å². The summed E-state index contributed by atoms with van der Waals surface area (Å²) in [5, 5.41) is 14.9. The second kappa shape index (κ2) is 7.87. The van der Waals surface area contributed by atoms with Crippen molar-refractivity contribution in [2.24, 2.45) is 0 Å². The molecular formula is C23H20N2O5. The second-order valence-electron chi connectivity index (χ2n) is 6.83. The molecule has 152 valence electrons. The van der Waals surface area contributed by atoms with Crippen molar-refractivity contribution in [3.63, 3.8) is 0 Å². The predicted molar refractivity (Wildman–Crippen MR) is 110 cm³/mol. The molecule has 2 heterocycles. The Balaban J connectivity index is 1.89. The van der Waals surface area contributed by atoms with E-state index in [1.807, 2.05) is 6.92 Å². The molecule has 0 radical (unpaired) electrons. The summed E-state index contributed by atoms with van der Waals surface area (Å²) < 4.78 is 10.6. The highest BCUT2D eigenvalue weighted by atomic mass is 16.5. The van der Waals surface area contributed by atoms with Crippen LogP contribution < -0.4 is 9.64 Å². The molecule has 1 N–H and O–H groups in total. The quantitative estimate of drug-likeness (QED) is 0.392. The lowest BCUT2D eigenvalue weighted by molar-refractivity contribution is -0.132. The monoisotopic (exact) mass is 404 g/mol. The van der Waals surface area contributed by atoms with Gasteiger partial charge in [-0.3, -0.25) is 14.5 Å². The van der Waals surface area contributed by atoms with Gasteiger partial charge in [-0.15, -0.1) is 0 Å². The minimum absolute atomic E-state index is 0.00369. The van der Waals surface area contributed by atoms with Gasteiger partial charge in [0.15, 0.2) is 5.82 Å². The van der Waals surface area contributed by atoms with E-state index >= 15 is 0 Å². The Hall–Kier alpha value is -3.87. The number of hydrogen-bond acceptors (Lipinski definition) is 6. The van der Waals surface area contributed by atoms with Gasteiger partial charge in [0.05, 0.1) is 18.2 Å². The Morgan fingerprint density at radius 3 is 2.43 bits per heavy atom. The van der Waals surface area contributed by atoms with Crippen molar-refractivity contribution >= 4 is 23.3 Å². The van der Waals surface area contributed by atoms with E-state index in [0.29, 0.717) is 29.2 Å². The van der Waals surface area contributed by atoms with Gasteiger partial charge in [-0.2, -0.15) is 0 Å². The summed E-state index contributed by atoms with van der Waals surface area (Å²) in [5.41, 5.74) is 1.08. The van der Waals surface area contributed by atoms with Gasteiger partial charge in [0.25, 0.3) is 5.78 Å². The molecular weight excluding hydrogens is 384 g/mol. The van der Waals surface area contributed by atoms with E-state index in [2.05, 4.69) is 5.16 Å². The molecule has 30 heavy (non-hydrogen) atoms. The van der Waals surface area contributed by atoms with Gasteiger partial charge < -0.3 is 14.4 Å². The van der Waals surface area contributed by atoms with Crippen LogP contribution in [0, 0.1) is 6.92 Å². The fourth-order valence-electron chi connectivity index (χ4n) is 3.52. The van der Waals surface area contributed by atoms with E-state index in [-0.39, 0.29) is 17.2 Å². The van der Waals surface area contributed by atoms with Crippen molar-refractivity contribution in [3.8, 4) is 5.75 Å². The molecule has 0 bridgehead atoms. The maximum Gasteiger partial charge on any atom is 0.301 e. The molecule has 7 heteroatoms. The Bertz CT molecular complexity index is 1120. The largest absolute Gasteiger partial charge is 0.507 e. The first-order valence-electron chi connectivity index (χ1n) is 9.53. The minimum atomic E-state index is -0.856. The number of carbonyl (C=O) groups is 2. The third-order valence-corrected chi connectivity index (χ3v) is 4.86. The number of ketones is 1. The van der Waals surface area contributed by atoms with Crippen LogP contribution in [0.4, 0.5) is 5.82 Å². The number of ether oxygens (including phenoxy) is 1. The number of aliphatic hydroxyl groups is 1. The average molecular weight is 404 g/mol. The Kier molecular flexibility index (Phi) is 5.10. The molecule has 0 saturated carbocycles. The van der Waals surface area contributed by atoms with Gasteiger partial charge in [-0.05, 0) is 31.5 Å². The van der Waals surface area contributed by atoms with Gasteiger partial charge in [-0.1, -0.05) is 47.6 Å². The number of rotatable bonds is 5. The minimum Gasteiger partial charge on any atom is -0.507 e. The summed E-state index contributed by atoms with van der Waals surface area (Å²) in [6.07, 6.45) is 0. The summed E-state index contributed by atoms with van der Waals surface area (Å²) >= 11 is 0. The van der Waals surface area contributed by atoms with Gasteiger partial charge in [0.1, 0.15) is 17.3 Å². The molecule has 7 nitrogen and oxygen atoms in total. The van der Waals surface area contributed by atoms with Crippen LogP contribution in [0.1, 0.15) is 29.9 Å². The number of anilines is 1. The lowest BCUT2D eigenvalue weighted by atomic mass is 9.95. The summed E-state index contributed by atoms with van der Waals surface area (Å²) in [7, 11) is 0. The molecule has 1 aliphatic heterocycles. The van der Waals surface area contributed by atoms with Gasteiger partial charge in [-0.25, -0.2) is 0 Å². The third-order valence-electron chi connectivity index (χ3n) is 4.86. The number of amides is 1. The highest BCUT2D eigenvalue weighted by Gasteiger charge is 2.48. The predicted octanol–water partition coefficient (Wildman–Crippen LogP) is 4.01. The smallest absolute Gasteiger partial charge is 0.301 e. The highest BCUT2D eigenvalue weighted by Crippen LogP contribution is 2.42. The topological polar surface area (TPSA) is 92.9 Å². The summed E-state index contributed by atoms with van der Waals surface area (Å²) in [5.74, 6) is -0.425. The first-order valence-corrected chi connectivity index (χ1v) is 9.53. The van der Waals surface area contributed by atoms with E-state index in [0.717, 1.165) is 0 Å². The lowest BCUT2D eigenvalue weighted by Gasteiger charge is -2.23. The fraction of sp³-hybridized carbons (Fsp3) is 0.174. The van der Waals surface area contributed by atoms with Crippen molar-refractivity contribution in [1.82, 2.24) is 5.16 Å². The summed E-state index contributed by atoms with van der Waals surface area (Å²) in [6.45, 7) is 4.10. The molecule has 0 unspecified atom stereocenters. The van der Waals surface area contributed by atoms with Gasteiger partial charge in [0, 0.05) is 11.6 Å². The van der Waals surface area contributed by atoms with Crippen LogP contribution in [-0.2, 0) is 9.59 Å². The van der Waals surface area contributed by atoms with E-state index < -0.39 is 17.7 Å². The molecule has 1 fully saturated rings. The third kappa shape index (κ3) is 3.34. The zero-order valence-electron chi connectivity index (χ0n) is 16.5. The van der Waals surface area contributed by atoms with Crippen LogP contribution in [0.3, 0.4) is 0 Å². The molecule has 0 aliphatic carbocycles. The van der Waals surface area contributed by atoms with Crippen LogP contribution in [0.2, 0.25) is 0 Å². The number of Topliss-reactive ketones (excluding diaryl/α,β-unsaturated/α-hetero) is 1. The van der Waals surface area contributed by atoms with Crippen molar-refractivity contribution in [3.05, 3.63) is 83.1 Å². The summed E-state index contributed by atoms with van der Waals surface area (Å²) in [4.78, 5) is 27.2. The molecule has 1 amide bonds. The molecule has 1 aliphatic rings. The highest BCUT2D eigenvalue weighted by molar-refractivity contribution is 6.51. The normalized spacial score (nSPS) is 18.1. The first kappa shape index (κ1) is 19.4. The zero-order chi connectivity index (χ0) is 21.3. The van der Waals surface area contributed by atoms with E-state index in [4.69, 9.17) is 9.26 Å². The second-order valence-corrected chi connectivity index (χ2v) is 6.83. The number of hydrogen-bond donors (Lipinski definition) is 1. The molecule has 1 aromatic heterocycles. The molecule has 2 aromatic carbocycles. The molecule has 1 atom stereocenters. The van der Waals surface area contributed by atoms with Crippen molar-refractivity contribution in [1.29, 1.82) is 0 Å². The summed E-state index contributed by atoms with van der Waals surface area (Å²) in [6, 6.07) is 16.4. The van der Waals surface area contributed by atoms with E-state index in [1.165, 1.54) is 4.90 Å². The van der Waals surface area contributed by atoms with Gasteiger partial charge >= 0.3 is 5.91 Å². The fourth-order valence-corrected chi connectivity index (χ4v) is 3.52. The SMILES string of the molecule is CCOc1ccc([C@H]2C(=C(O)c3ccccc3)C(=O)C(=O)N2c2cc(C)on2)cc1. The van der Waals surface area contributed by atoms with E-state index in [9.17, 15) is 14.7 Å². The molecule has 0 spiro atoms. The Labute approximate surface area is 173 Å². The van der Waals surface area contributed by atoms with Crippen LogP contribution >= 0.6 is 0 Å². The van der Waals surface area contributed by atoms with Crippen molar-refractivity contribution in [2.45, 2.75) is 19.9 Å². The zero-order valence-corrected chi connectivity index (χ0v) is 16.5.